The Morgan fingerprint density at radius 1 is 0.816 bits per heavy atom. The third-order valence-electron chi connectivity index (χ3n) is 6.74. The molecule has 0 aliphatic rings. The summed E-state index contributed by atoms with van der Waals surface area (Å²) in [4.78, 5) is 13.6. The van der Waals surface area contributed by atoms with E-state index in [0.29, 0.717) is 12.8 Å². The molecule has 7 nitrogen and oxygen atoms in total. The van der Waals surface area contributed by atoms with E-state index in [1.807, 2.05) is 69.3 Å². The maximum Gasteiger partial charge on any atom is 0.408 e. The van der Waals surface area contributed by atoms with Crippen LogP contribution in [0, 0.1) is 5.41 Å². The number of rotatable bonds is 14. The van der Waals surface area contributed by atoms with Crippen LogP contribution in [0.25, 0.3) is 0 Å². The summed E-state index contributed by atoms with van der Waals surface area (Å²) in [6.07, 6.45) is -0.656. The lowest BCUT2D eigenvalue weighted by atomic mass is 9.92. The minimum atomic E-state index is -1.07. The van der Waals surface area contributed by atoms with E-state index in [1.165, 1.54) is 4.90 Å². The molecule has 0 spiro atoms. The van der Waals surface area contributed by atoms with Crippen molar-refractivity contribution in [3.63, 3.8) is 0 Å². The first-order valence-electron chi connectivity index (χ1n) is 13.7. The second-order valence-corrected chi connectivity index (χ2v) is 12.4. The summed E-state index contributed by atoms with van der Waals surface area (Å²) in [5.74, 6) is 0. The molecule has 0 bridgehead atoms. The first-order chi connectivity index (χ1) is 17.8. The fourth-order valence-electron chi connectivity index (χ4n) is 4.68. The average Bonchev–Trinajstić information content (AvgIpc) is 2.82. The summed E-state index contributed by atoms with van der Waals surface area (Å²) in [5.41, 5.74) is 1.60. The Bertz CT molecular complexity index is 941. The molecule has 2 aromatic carbocycles. The van der Waals surface area contributed by atoms with Crippen molar-refractivity contribution in [1.82, 2.24) is 15.5 Å². The fourth-order valence-corrected chi connectivity index (χ4v) is 4.68. The third kappa shape index (κ3) is 11.1. The smallest absolute Gasteiger partial charge is 0.408 e. The van der Waals surface area contributed by atoms with Crippen LogP contribution in [0.2, 0.25) is 0 Å². The summed E-state index contributed by atoms with van der Waals surface area (Å²) in [6, 6.07) is 18.9. The molecule has 2 aromatic rings. The number of hydrogen-bond acceptors (Lipinski definition) is 5. The lowest BCUT2D eigenvalue weighted by molar-refractivity contribution is 0.00630. The standard InChI is InChI=1S/C31H49N3O4/c1-30(2,3)17-18-33-25(19-23-13-9-7-10-14-23)27(35)21-32-22-28(36)26(20-24-15-11-8-12-16-24)34(29(37)38)31(4,5)6/h7-16,25-28,32-33,35-36H,17-22H2,1-6H3,(H,37,38)/t25-,26-,27+,28+/m0/s1. The minimum absolute atomic E-state index is 0.158. The summed E-state index contributed by atoms with van der Waals surface area (Å²) in [5, 5.41) is 39.1. The van der Waals surface area contributed by atoms with Crippen LogP contribution in [0.5, 0.6) is 0 Å². The van der Waals surface area contributed by atoms with Gasteiger partial charge in [-0.2, -0.15) is 0 Å². The van der Waals surface area contributed by atoms with Gasteiger partial charge in [0, 0.05) is 24.7 Å². The average molecular weight is 528 g/mol. The molecule has 0 radical (unpaired) electrons. The van der Waals surface area contributed by atoms with Gasteiger partial charge in [0.25, 0.3) is 0 Å². The van der Waals surface area contributed by atoms with Crippen LogP contribution in [-0.2, 0) is 12.8 Å². The molecular formula is C31H49N3O4. The lowest BCUT2D eigenvalue weighted by Crippen LogP contribution is -2.58. The van der Waals surface area contributed by atoms with E-state index < -0.39 is 29.9 Å². The van der Waals surface area contributed by atoms with Gasteiger partial charge in [-0.1, -0.05) is 81.4 Å². The zero-order valence-corrected chi connectivity index (χ0v) is 24.0. The maximum atomic E-state index is 12.2. The van der Waals surface area contributed by atoms with E-state index in [2.05, 4.69) is 43.5 Å². The summed E-state index contributed by atoms with van der Waals surface area (Å²) < 4.78 is 0. The van der Waals surface area contributed by atoms with Crippen LogP contribution >= 0.6 is 0 Å². The summed E-state index contributed by atoms with van der Waals surface area (Å²) in [7, 11) is 0. The van der Waals surface area contributed by atoms with Crippen molar-refractivity contribution < 1.29 is 20.1 Å². The molecule has 0 saturated heterocycles. The number of hydrogen-bond donors (Lipinski definition) is 5. The van der Waals surface area contributed by atoms with E-state index in [9.17, 15) is 20.1 Å². The Morgan fingerprint density at radius 3 is 1.79 bits per heavy atom. The van der Waals surface area contributed by atoms with Crippen molar-refractivity contribution in [3.05, 3.63) is 71.8 Å². The van der Waals surface area contributed by atoms with Crippen molar-refractivity contribution in [3.8, 4) is 0 Å². The van der Waals surface area contributed by atoms with Crippen molar-refractivity contribution in [2.45, 2.75) is 90.6 Å². The van der Waals surface area contributed by atoms with E-state index >= 15 is 0 Å². The van der Waals surface area contributed by atoms with Gasteiger partial charge in [0.05, 0.1) is 18.2 Å². The number of amides is 1. The Balaban J connectivity index is 2.08. The molecule has 212 valence electrons. The van der Waals surface area contributed by atoms with Gasteiger partial charge in [-0.25, -0.2) is 4.79 Å². The first kappa shape index (κ1) is 31.8. The van der Waals surface area contributed by atoms with Crippen LogP contribution < -0.4 is 10.6 Å². The van der Waals surface area contributed by atoms with E-state index in [4.69, 9.17) is 0 Å². The molecule has 5 N–H and O–H groups in total. The largest absolute Gasteiger partial charge is 0.465 e. The van der Waals surface area contributed by atoms with Crippen molar-refractivity contribution in [2.24, 2.45) is 5.41 Å². The summed E-state index contributed by atoms with van der Waals surface area (Å²) >= 11 is 0. The molecule has 0 fully saturated rings. The van der Waals surface area contributed by atoms with Crippen LogP contribution in [0.3, 0.4) is 0 Å². The SMILES string of the molecule is CC(C)(C)CCN[C@@H](Cc1ccccc1)[C@H](O)CNC[C@@H](O)[C@H](Cc1ccccc1)N(C(=O)O)C(C)(C)C. The van der Waals surface area contributed by atoms with Gasteiger partial charge in [-0.05, 0) is 63.1 Å². The van der Waals surface area contributed by atoms with Gasteiger partial charge in [-0.3, -0.25) is 4.90 Å². The third-order valence-corrected chi connectivity index (χ3v) is 6.74. The highest BCUT2D eigenvalue weighted by Gasteiger charge is 2.37. The molecule has 0 aliphatic carbocycles. The van der Waals surface area contributed by atoms with Crippen LogP contribution in [-0.4, -0.2) is 75.8 Å². The number of carboxylic acid groups (broad SMARTS) is 1. The minimum Gasteiger partial charge on any atom is -0.465 e. The van der Waals surface area contributed by atoms with Gasteiger partial charge < -0.3 is 26.0 Å². The van der Waals surface area contributed by atoms with Gasteiger partial charge in [0.15, 0.2) is 0 Å². The number of nitrogens with one attached hydrogen (secondary N) is 2. The van der Waals surface area contributed by atoms with Crippen molar-refractivity contribution >= 4 is 6.09 Å². The van der Waals surface area contributed by atoms with Crippen molar-refractivity contribution in [2.75, 3.05) is 19.6 Å². The zero-order valence-electron chi connectivity index (χ0n) is 24.0. The highest BCUT2D eigenvalue weighted by Crippen LogP contribution is 2.23. The quantitative estimate of drug-likeness (QED) is 0.251. The van der Waals surface area contributed by atoms with Crippen molar-refractivity contribution in [1.29, 1.82) is 0 Å². The molecule has 7 heteroatoms. The normalized spacial score (nSPS) is 15.5. The molecule has 38 heavy (non-hydrogen) atoms. The molecule has 0 aliphatic heterocycles. The predicted octanol–water partition coefficient (Wildman–Crippen LogP) is 4.32. The fraction of sp³-hybridized carbons (Fsp3) is 0.581. The number of nitrogens with zero attached hydrogens (tertiary/aromatic N) is 1. The van der Waals surface area contributed by atoms with Gasteiger partial charge in [0.2, 0.25) is 0 Å². The molecule has 1 amide bonds. The van der Waals surface area contributed by atoms with E-state index in [-0.39, 0.29) is 24.5 Å². The predicted molar refractivity (Wildman–Crippen MR) is 154 cm³/mol. The number of carbonyl (C=O) groups is 1. The van der Waals surface area contributed by atoms with E-state index in [1.54, 1.807) is 0 Å². The maximum absolute atomic E-state index is 12.2. The zero-order chi connectivity index (χ0) is 28.3. The number of aliphatic hydroxyl groups is 2. The Kier molecular flexibility index (Phi) is 12.2. The monoisotopic (exact) mass is 527 g/mol. The highest BCUT2D eigenvalue weighted by atomic mass is 16.4. The Labute approximate surface area is 229 Å². The lowest BCUT2D eigenvalue weighted by Gasteiger charge is -2.42. The van der Waals surface area contributed by atoms with Crippen LogP contribution in [0.4, 0.5) is 4.79 Å². The van der Waals surface area contributed by atoms with Crippen LogP contribution in [0.1, 0.15) is 59.1 Å². The summed E-state index contributed by atoms with van der Waals surface area (Å²) in [6.45, 7) is 13.3. The molecule has 0 aromatic heterocycles. The Hall–Kier alpha value is -2.45. The van der Waals surface area contributed by atoms with Gasteiger partial charge in [-0.15, -0.1) is 0 Å². The number of benzene rings is 2. The topological polar surface area (TPSA) is 105 Å². The molecule has 0 heterocycles. The van der Waals surface area contributed by atoms with Crippen LogP contribution in [0.15, 0.2) is 60.7 Å². The van der Waals surface area contributed by atoms with Gasteiger partial charge in [0.1, 0.15) is 0 Å². The number of aliphatic hydroxyl groups excluding tert-OH is 2. The molecule has 0 unspecified atom stereocenters. The second kappa shape index (κ2) is 14.6. The molecule has 2 rings (SSSR count). The van der Waals surface area contributed by atoms with E-state index in [0.717, 1.165) is 24.1 Å². The molecule has 4 atom stereocenters. The van der Waals surface area contributed by atoms with Gasteiger partial charge >= 0.3 is 6.09 Å². The second-order valence-electron chi connectivity index (χ2n) is 12.4. The Morgan fingerprint density at radius 2 is 1.32 bits per heavy atom. The molecular weight excluding hydrogens is 478 g/mol. The molecule has 0 saturated carbocycles. The highest BCUT2D eigenvalue weighted by molar-refractivity contribution is 5.66. The first-order valence-corrected chi connectivity index (χ1v) is 13.7.